The molecule has 2 aromatic heterocycles. The van der Waals surface area contributed by atoms with Crippen molar-refractivity contribution in [2.75, 3.05) is 0 Å². The van der Waals surface area contributed by atoms with Gasteiger partial charge in [0.15, 0.2) is 0 Å². The van der Waals surface area contributed by atoms with Crippen LogP contribution < -0.4 is 0 Å². The Bertz CT molecular complexity index is 1580. The molecular formula is C30H27N3O. The van der Waals surface area contributed by atoms with Crippen molar-refractivity contribution in [1.82, 2.24) is 4.98 Å². The second-order valence-electron chi connectivity index (χ2n) is 9.43. The van der Waals surface area contributed by atoms with Gasteiger partial charge in [0.1, 0.15) is 5.58 Å². The molecule has 0 spiro atoms. The van der Waals surface area contributed by atoms with Gasteiger partial charge in [-0.05, 0) is 62.4 Å². The van der Waals surface area contributed by atoms with Gasteiger partial charge < -0.3 is 4.42 Å². The number of nitrogens with zero attached hydrogens (tertiary/aromatic N) is 3. The third-order valence-electron chi connectivity index (χ3n) is 7.32. The molecule has 4 nitrogen and oxygen atoms in total. The maximum absolute atomic E-state index is 6.28. The van der Waals surface area contributed by atoms with Gasteiger partial charge in [0, 0.05) is 33.5 Å². The van der Waals surface area contributed by atoms with Gasteiger partial charge in [0.2, 0.25) is 5.71 Å². The summed E-state index contributed by atoms with van der Waals surface area (Å²) in [6.45, 7) is 14.6. The molecule has 0 N–H and O–H groups in total. The van der Waals surface area contributed by atoms with Crippen molar-refractivity contribution < 1.29 is 4.42 Å². The molecule has 168 valence electrons. The molecule has 4 heterocycles. The summed E-state index contributed by atoms with van der Waals surface area (Å²) in [4.78, 5) is 15.1. The molecule has 0 radical (unpaired) electrons. The number of hydrogen-bond acceptors (Lipinski definition) is 4. The van der Waals surface area contributed by atoms with E-state index in [1.54, 1.807) is 0 Å². The van der Waals surface area contributed by atoms with Gasteiger partial charge in [-0.25, -0.2) is 4.98 Å². The van der Waals surface area contributed by atoms with E-state index in [2.05, 4.69) is 69.5 Å². The zero-order chi connectivity index (χ0) is 23.6. The molecule has 34 heavy (non-hydrogen) atoms. The Morgan fingerprint density at radius 2 is 1.82 bits per heavy atom. The Morgan fingerprint density at radius 1 is 1.03 bits per heavy atom. The second kappa shape index (κ2) is 7.63. The lowest BCUT2D eigenvalue weighted by Gasteiger charge is -2.31. The lowest BCUT2D eigenvalue weighted by atomic mass is 9.80. The van der Waals surface area contributed by atoms with Crippen LogP contribution in [-0.2, 0) is 6.42 Å². The molecule has 2 atom stereocenters. The van der Waals surface area contributed by atoms with Crippen LogP contribution in [0.3, 0.4) is 0 Å². The molecular weight excluding hydrogens is 418 g/mol. The SMILES string of the molecule is C=CC1=NC2C(=C)N=C(C)c3cc4c(nc3CCC2c2ccccc21)oc1c(C)ccc(C)c14. The highest BCUT2D eigenvalue weighted by Crippen LogP contribution is 2.40. The molecule has 0 aliphatic carbocycles. The molecule has 4 heteroatoms. The van der Waals surface area contributed by atoms with Crippen LogP contribution in [-0.4, -0.2) is 22.4 Å². The fourth-order valence-electron chi connectivity index (χ4n) is 5.59. The number of pyridine rings is 1. The van der Waals surface area contributed by atoms with Crippen LogP contribution in [0.1, 0.15) is 52.8 Å². The van der Waals surface area contributed by atoms with Crippen molar-refractivity contribution in [3.05, 3.63) is 101 Å². The van der Waals surface area contributed by atoms with Gasteiger partial charge in [-0.1, -0.05) is 49.6 Å². The predicted molar refractivity (Wildman–Crippen MR) is 140 cm³/mol. The zero-order valence-electron chi connectivity index (χ0n) is 19.9. The van der Waals surface area contributed by atoms with Gasteiger partial charge in [0.25, 0.3) is 0 Å². The first-order chi connectivity index (χ1) is 16.5. The first-order valence-corrected chi connectivity index (χ1v) is 11.8. The van der Waals surface area contributed by atoms with Crippen LogP contribution in [0.5, 0.6) is 0 Å². The van der Waals surface area contributed by atoms with E-state index in [-0.39, 0.29) is 12.0 Å². The zero-order valence-corrected chi connectivity index (χ0v) is 19.9. The number of aryl methyl sites for hydroxylation is 3. The van der Waals surface area contributed by atoms with Crippen LogP contribution in [0.15, 0.2) is 81.8 Å². The van der Waals surface area contributed by atoms with Crippen LogP contribution in [0.4, 0.5) is 0 Å². The number of aliphatic imine (C=N–C) groups is 2. The van der Waals surface area contributed by atoms with Crippen molar-refractivity contribution in [1.29, 1.82) is 0 Å². The predicted octanol–water partition coefficient (Wildman–Crippen LogP) is 7.01. The molecule has 0 saturated heterocycles. The maximum atomic E-state index is 6.28. The summed E-state index contributed by atoms with van der Waals surface area (Å²) < 4.78 is 6.28. The van der Waals surface area contributed by atoms with E-state index in [9.17, 15) is 0 Å². The molecule has 4 aromatic rings. The molecule has 0 saturated carbocycles. The van der Waals surface area contributed by atoms with Crippen LogP contribution in [0, 0.1) is 13.8 Å². The summed E-state index contributed by atoms with van der Waals surface area (Å²) in [5.74, 6) is 0.188. The summed E-state index contributed by atoms with van der Waals surface area (Å²) in [6.07, 6.45) is 3.56. The smallest absolute Gasteiger partial charge is 0.227 e. The van der Waals surface area contributed by atoms with E-state index < -0.39 is 0 Å². The minimum absolute atomic E-state index is 0.110. The highest BCUT2D eigenvalue weighted by molar-refractivity contribution is 6.11. The molecule has 2 aromatic carbocycles. The number of benzene rings is 2. The van der Waals surface area contributed by atoms with Gasteiger partial charge in [0.05, 0.1) is 23.1 Å². The normalized spacial score (nSPS) is 19.9. The van der Waals surface area contributed by atoms with Gasteiger partial charge >= 0.3 is 0 Å². The second-order valence-corrected chi connectivity index (χ2v) is 9.43. The van der Waals surface area contributed by atoms with Crippen molar-refractivity contribution in [3.63, 3.8) is 0 Å². The average Bonchev–Trinajstić information content (AvgIpc) is 3.24. The summed E-state index contributed by atoms with van der Waals surface area (Å²) in [5.41, 5.74) is 11.1. The number of aromatic nitrogens is 1. The van der Waals surface area contributed by atoms with E-state index in [1.807, 2.05) is 13.0 Å². The highest BCUT2D eigenvalue weighted by Gasteiger charge is 2.33. The third kappa shape index (κ3) is 3.02. The summed E-state index contributed by atoms with van der Waals surface area (Å²) in [6, 6.07) is 14.8. The molecule has 2 unspecified atom stereocenters. The molecule has 0 fully saturated rings. The molecule has 2 aliphatic heterocycles. The molecule has 0 bridgehead atoms. The largest absolute Gasteiger partial charge is 0.437 e. The van der Waals surface area contributed by atoms with Crippen LogP contribution >= 0.6 is 0 Å². The van der Waals surface area contributed by atoms with Crippen molar-refractivity contribution in [2.24, 2.45) is 9.98 Å². The average molecular weight is 446 g/mol. The first-order valence-electron chi connectivity index (χ1n) is 11.8. The van der Waals surface area contributed by atoms with Crippen LogP contribution in [0.25, 0.3) is 22.1 Å². The Hall–Kier alpha value is -3.79. The first kappa shape index (κ1) is 20.8. The Balaban J connectivity index is 1.55. The quantitative estimate of drug-likeness (QED) is 0.316. The third-order valence-corrected chi connectivity index (χ3v) is 7.32. The van der Waals surface area contributed by atoms with Crippen molar-refractivity contribution >= 4 is 33.5 Å². The monoisotopic (exact) mass is 445 g/mol. The van der Waals surface area contributed by atoms with Gasteiger partial charge in [-0.3, -0.25) is 9.98 Å². The van der Waals surface area contributed by atoms with E-state index in [0.717, 1.165) is 68.7 Å². The lowest BCUT2D eigenvalue weighted by molar-refractivity contribution is 0.537. The minimum Gasteiger partial charge on any atom is -0.437 e. The fourth-order valence-corrected chi connectivity index (χ4v) is 5.59. The molecule has 0 amide bonds. The number of furan rings is 1. The van der Waals surface area contributed by atoms with E-state index in [1.165, 1.54) is 11.1 Å². The topological polar surface area (TPSA) is 50.8 Å². The number of fused-ring (bicyclic) bond motifs is 7. The Morgan fingerprint density at radius 3 is 2.65 bits per heavy atom. The number of rotatable bonds is 1. The van der Waals surface area contributed by atoms with E-state index in [0.29, 0.717) is 5.71 Å². The Labute approximate surface area is 199 Å². The van der Waals surface area contributed by atoms with Crippen LogP contribution in [0.2, 0.25) is 0 Å². The molecule has 2 aliphatic rings. The lowest BCUT2D eigenvalue weighted by Crippen LogP contribution is -2.27. The summed E-state index contributed by atoms with van der Waals surface area (Å²) in [7, 11) is 0. The van der Waals surface area contributed by atoms with E-state index in [4.69, 9.17) is 19.4 Å². The highest BCUT2D eigenvalue weighted by atomic mass is 16.3. The number of hydrogen-bond donors (Lipinski definition) is 0. The van der Waals surface area contributed by atoms with E-state index >= 15 is 0 Å². The van der Waals surface area contributed by atoms with Crippen molar-refractivity contribution in [3.8, 4) is 0 Å². The molecule has 6 rings (SSSR count). The summed E-state index contributed by atoms with van der Waals surface area (Å²) >= 11 is 0. The number of allylic oxidation sites excluding steroid dienone is 1. The standard InChI is InChI=1S/C30H27N3O/c1-6-25-21-10-8-7-9-20(21)22-13-14-26-23(18(4)31-19(5)28(22)32-25)15-24-27-16(2)11-12-17(3)29(27)34-30(24)33-26/h6-12,15,22,28H,1,5,13-14H2,2-4H3. The van der Waals surface area contributed by atoms with Gasteiger partial charge in [-0.2, -0.15) is 0 Å². The Kier molecular flexibility index (Phi) is 4.66. The fraction of sp³-hybridized carbons (Fsp3) is 0.233. The maximum Gasteiger partial charge on any atom is 0.227 e. The van der Waals surface area contributed by atoms with Gasteiger partial charge in [-0.15, -0.1) is 0 Å². The minimum atomic E-state index is -0.110. The van der Waals surface area contributed by atoms with Crippen molar-refractivity contribution in [2.45, 2.75) is 45.6 Å². The summed E-state index contributed by atoms with van der Waals surface area (Å²) in [5, 5.41) is 2.18.